The second kappa shape index (κ2) is 7.47. The van der Waals surface area contributed by atoms with Gasteiger partial charge < -0.3 is 18.8 Å². The number of ether oxygens (including phenoxy) is 2. The Morgan fingerprint density at radius 3 is 3.04 bits per heavy atom. The summed E-state index contributed by atoms with van der Waals surface area (Å²) < 4.78 is 17.0. The Kier molecular flexibility index (Phi) is 5.35. The van der Waals surface area contributed by atoms with Crippen molar-refractivity contribution in [2.24, 2.45) is 5.92 Å². The quantitative estimate of drug-likeness (QED) is 0.792. The normalized spacial score (nSPS) is 27.8. The summed E-state index contributed by atoms with van der Waals surface area (Å²) in [5.41, 5.74) is 0. The van der Waals surface area contributed by atoms with Gasteiger partial charge in [0.1, 0.15) is 12.4 Å². The number of rotatable bonds is 6. The Labute approximate surface area is 137 Å². The number of hydrogen-bond donors (Lipinski definition) is 0. The molecule has 3 rings (SSSR count). The van der Waals surface area contributed by atoms with Crippen LogP contribution in [-0.2, 0) is 20.8 Å². The Balaban J connectivity index is 1.49. The van der Waals surface area contributed by atoms with Crippen LogP contribution in [-0.4, -0.2) is 68.3 Å². The fourth-order valence-corrected chi connectivity index (χ4v) is 3.50. The summed E-state index contributed by atoms with van der Waals surface area (Å²) in [6, 6.07) is 4.37. The Bertz CT molecular complexity index is 503. The minimum Gasteiger partial charge on any atom is -0.468 e. The number of hydrogen-bond acceptors (Lipinski definition) is 5. The molecule has 0 aromatic carbocycles. The molecule has 2 fully saturated rings. The highest BCUT2D eigenvalue weighted by Crippen LogP contribution is 2.35. The first-order valence-electron chi connectivity index (χ1n) is 8.29. The van der Waals surface area contributed by atoms with Crippen LogP contribution in [0.4, 0.5) is 0 Å². The lowest BCUT2D eigenvalue weighted by molar-refractivity contribution is -0.134. The minimum atomic E-state index is 0.0103. The molecular weight excluding hydrogens is 296 g/mol. The molecule has 1 saturated carbocycles. The van der Waals surface area contributed by atoms with Crippen molar-refractivity contribution in [2.45, 2.75) is 31.5 Å². The van der Waals surface area contributed by atoms with Crippen LogP contribution in [0.25, 0.3) is 0 Å². The van der Waals surface area contributed by atoms with Crippen LogP contribution in [0.3, 0.4) is 0 Å². The average Bonchev–Trinajstić information content (AvgIpc) is 3.16. The molecule has 6 heteroatoms. The zero-order valence-electron chi connectivity index (χ0n) is 13.9. The molecule has 2 aliphatic rings. The highest BCUT2D eigenvalue weighted by Gasteiger charge is 2.41. The van der Waals surface area contributed by atoms with Gasteiger partial charge in [-0.3, -0.25) is 9.69 Å². The van der Waals surface area contributed by atoms with E-state index < -0.39 is 0 Å². The first-order chi connectivity index (χ1) is 11.1. The Morgan fingerprint density at radius 1 is 1.43 bits per heavy atom. The standard InChI is InChI=1S/C17H26N2O4/c1-18(2)17(20)12-21-11-13-8-15-16(9-13)23-7-5-19(15)10-14-4-3-6-22-14/h3-4,6,13,15-16H,5,7-12H2,1-2H3/t13?,15-,16-/m0/s1. The topological polar surface area (TPSA) is 55.2 Å². The van der Waals surface area contributed by atoms with Crippen LogP contribution < -0.4 is 0 Å². The van der Waals surface area contributed by atoms with E-state index in [2.05, 4.69) is 4.90 Å². The zero-order chi connectivity index (χ0) is 16.2. The summed E-state index contributed by atoms with van der Waals surface area (Å²) in [4.78, 5) is 15.6. The first-order valence-corrected chi connectivity index (χ1v) is 8.29. The third kappa shape index (κ3) is 4.13. The number of furan rings is 1. The maximum absolute atomic E-state index is 11.6. The van der Waals surface area contributed by atoms with E-state index in [1.165, 1.54) is 0 Å². The zero-order valence-corrected chi connectivity index (χ0v) is 13.9. The van der Waals surface area contributed by atoms with Crippen molar-refractivity contribution in [1.29, 1.82) is 0 Å². The predicted molar refractivity (Wildman–Crippen MR) is 84.9 cm³/mol. The van der Waals surface area contributed by atoms with Gasteiger partial charge in [0.15, 0.2) is 0 Å². The number of carbonyl (C=O) groups is 1. The molecule has 23 heavy (non-hydrogen) atoms. The number of morpholine rings is 1. The van der Waals surface area contributed by atoms with Crippen LogP contribution in [0.15, 0.2) is 22.8 Å². The van der Waals surface area contributed by atoms with Gasteiger partial charge in [-0.15, -0.1) is 0 Å². The molecule has 0 spiro atoms. The van der Waals surface area contributed by atoms with Crippen molar-refractivity contribution >= 4 is 5.91 Å². The molecular formula is C17H26N2O4. The molecule has 0 N–H and O–H groups in total. The third-order valence-electron chi connectivity index (χ3n) is 4.77. The van der Waals surface area contributed by atoms with Gasteiger partial charge in [0.05, 0.1) is 32.1 Å². The Hall–Kier alpha value is -1.37. The van der Waals surface area contributed by atoms with E-state index in [4.69, 9.17) is 13.9 Å². The number of carbonyl (C=O) groups excluding carboxylic acids is 1. The molecule has 128 valence electrons. The molecule has 1 amide bonds. The highest BCUT2D eigenvalue weighted by molar-refractivity contribution is 5.76. The summed E-state index contributed by atoms with van der Waals surface area (Å²) >= 11 is 0. The lowest BCUT2D eigenvalue weighted by Gasteiger charge is -2.37. The molecule has 6 nitrogen and oxygen atoms in total. The van der Waals surface area contributed by atoms with Gasteiger partial charge in [-0.25, -0.2) is 0 Å². The highest BCUT2D eigenvalue weighted by atomic mass is 16.5. The second-order valence-corrected chi connectivity index (χ2v) is 6.67. The second-order valence-electron chi connectivity index (χ2n) is 6.67. The largest absolute Gasteiger partial charge is 0.468 e. The lowest BCUT2D eigenvalue weighted by atomic mass is 10.1. The van der Waals surface area contributed by atoms with Gasteiger partial charge in [0.2, 0.25) is 5.91 Å². The van der Waals surface area contributed by atoms with Gasteiger partial charge in [0, 0.05) is 26.7 Å². The molecule has 1 aromatic heterocycles. The van der Waals surface area contributed by atoms with Crippen LogP contribution in [0.2, 0.25) is 0 Å². The molecule has 1 aromatic rings. The van der Waals surface area contributed by atoms with Crippen molar-refractivity contribution in [3.8, 4) is 0 Å². The van der Waals surface area contributed by atoms with E-state index in [0.717, 1.165) is 38.3 Å². The average molecular weight is 322 g/mol. The third-order valence-corrected chi connectivity index (χ3v) is 4.77. The van der Waals surface area contributed by atoms with E-state index in [0.29, 0.717) is 18.6 Å². The SMILES string of the molecule is CN(C)C(=O)COCC1C[C@@H]2OCCN(Cc3ccco3)[C@H]2C1. The van der Waals surface area contributed by atoms with Crippen LogP contribution >= 0.6 is 0 Å². The monoisotopic (exact) mass is 322 g/mol. The number of fused-ring (bicyclic) bond motifs is 1. The number of amides is 1. The summed E-state index contributed by atoms with van der Waals surface area (Å²) in [6.07, 6.45) is 4.06. The lowest BCUT2D eigenvalue weighted by Crippen LogP contribution is -2.47. The summed E-state index contributed by atoms with van der Waals surface area (Å²) in [5.74, 6) is 1.47. The molecule has 0 radical (unpaired) electrons. The Morgan fingerprint density at radius 2 is 2.30 bits per heavy atom. The summed E-state index contributed by atoms with van der Waals surface area (Å²) in [5, 5.41) is 0. The van der Waals surface area contributed by atoms with Crippen molar-refractivity contribution in [3.63, 3.8) is 0 Å². The smallest absolute Gasteiger partial charge is 0.248 e. The van der Waals surface area contributed by atoms with Crippen LogP contribution in [0.5, 0.6) is 0 Å². The molecule has 1 aliphatic carbocycles. The molecule has 1 saturated heterocycles. The fraction of sp³-hybridized carbons (Fsp3) is 0.706. The van der Waals surface area contributed by atoms with E-state index in [9.17, 15) is 4.79 Å². The predicted octanol–water partition coefficient (Wildman–Crippen LogP) is 1.36. The first kappa shape index (κ1) is 16.5. The van der Waals surface area contributed by atoms with Gasteiger partial charge in [-0.05, 0) is 30.9 Å². The number of likely N-dealkylation sites (N-methyl/N-ethyl adjacent to an activating group) is 1. The maximum atomic E-state index is 11.6. The van der Waals surface area contributed by atoms with Crippen molar-refractivity contribution in [2.75, 3.05) is 40.5 Å². The summed E-state index contributed by atoms with van der Waals surface area (Å²) in [7, 11) is 3.49. The van der Waals surface area contributed by atoms with Crippen LogP contribution in [0.1, 0.15) is 18.6 Å². The van der Waals surface area contributed by atoms with E-state index in [1.54, 1.807) is 25.3 Å². The van der Waals surface area contributed by atoms with Crippen LogP contribution in [0, 0.1) is 5.92 Å². The van der Waals surface area contributed by atoms with Crippen molar-refractivity contribution in [1.82, 2.24) is 9.80 Å². The molecule has 1 unspecified atom stereocenters. The fourth-order valence-electron chi connectivity index (χ4n) is 3.50. The van der Waals surface area contributed by atoms with Gasteiger partial charge in [-0.1, -0.05) is 0 Å². The maximum Gasteiger partial charge on any atom is 0.248 e. The molecule has 1 aliphatic heterocycles. The van der Waals surface area contributed by atoms with E-state index in [1.807, 2.05) is 12.1 Å². The minimum absolute atomic E-state index is 0.0103. The van der Waals surface area contributed by atoms with Crippen molar-refractivity contribution < 1.29 is 18.7 Å². The molecule has 0 bridgehead atoms. The van der Waals surface area contributed by atoms with E-state index in [-0.39, 0.29) is 18.6 Å². The van der Waals surface area contributed by atoms with Gasteiger partial charge in [0.25, 0.3) is 0 Å². The molecule has 3 atom stereocenters. The van der Waals surface area contributed by atoms with Crippen molar-refractivity contribution in [3.05, 3.63) is 24.2 Å². The number of nitrogens with zero attached hydrogens (tertiary/aromatic N) is 2. The summed E-state index contributed by atoms with van der Waals surface area (Å²) in [6.45, 7) is 3.34. The van der Waals surface area contributed by atoms with Gasteiger partial charge >= 0.3 is 0 Å². The van der Waals surface area contributed by atoms with E-state index >= 15 is 0 Å². The molecule has 2 heterocycles. The van der Waals surface area contributed by atoms with Gasteiger partial charge in [-0.2, -0.15) is 0 Å².